The largest absolute Gasteiger partial charge is 0.469 e. The van der Waals surface area contributed by atoms with Crippen LogP contribution in [0.3, 0.4) is 0 Å². The third-order valence-corrected chi connectivity index (χ3v) is 2.34. The maximum absolute atomic E-state index is 5.25. The van der Waals surface area contributed by atoms with E-state index in [0.717, 1.165) is 30.2 Å². The molecule has 17 heavy (non-hydrogen) atoms. The fraction of sp³-hybridized carbons (Fsp3) is 0.333. The molecule has 2 aromatic rings. The van der Waals surface area contributed by atoms with Gasteiger partial charge in [0, 0.05) is 31.8 Å². The van der Waals surface area contributed by atoms with Crippen LogP contribution in [0.5, 0.6) is 0 Å². The summed E-state index contributed by atoms with van der Waals surface area (Å²) >= 11 is 0. The first kappa shape index (κ1) is 11.4. The second-order valence-corrected chi connectivity index (χ2v) is 3.72. The molecule has 0 unspecified atom stereocenters. The van der Waals surface area contributed by atoms with Gasteiger partial charge in [0.25, 0.3) is 0 Å². The Morgan fingerprint density at radius 2 is 2.24 bits per heavy atom. The Kier molecular flexibility index (Phi) is 3.59. The number of hydrogen-bond acceptors (Lipinski definition) is 5. The van der Waals surface area contributed by atoms with E-state index in [2.05, 4.69) is 20.6 Å². The maximum Gasteiger partial charge on any atom is 0.224 e. The maximum atomic E-state index is 5.25. The average molecular weight is 232 g/mol. The van der Waals surface area contributed by atoms with Crippen molar-refractivity contribution in [2.24, 2.45) is 0 Å². The minimum absolute atomic E-state index is 0.630. The van der Waals surface area contributed by atoms with E-state index in [1.54, 1.807) is 13.3 Å². The van der Waals surface area contributed by atoms with Gasteiger partial charge in [0.05, 0.1) is 6.26 Å². The number of aryl methyl sites for hydroxylation is 1. The third kappa shape index (κ3) is 3.21. The van der Waals surface area contributed by atoms with E-state index in [1.807, 2.05) is 25.1 Å². The van der Waals surface area contributed by atoms with Crippen LogP contribution in [-0.2, 0) is 6.42 Å². The SMILES string of the molecule is CNc1nc(C)cc(NCCc2ccco2)n1. The monoisotopic (exact) mass is 232 g/mol. The van der Waals surface area contributed by atoms with Crippen molar-refractivity contribution in [2.45, 2.75) is 13.3 Å². The summed E-state index contributed by atoms with van der Waals surface area (Å²) in [6.07, 6.45) is 2.52. The summed E-state index contributed by atoms with van der Waals surface area (Å²) in [4.78, 5) is 8.54. The van der Waals surface area contributed by atoms with Gasteiger partial charge in [-0.25, -0.2) is 4.98 Å². The highest BCUT2D eigenvalue weighted by atomic mass is 16.3. The Morgan fingerprint density at radius 1 is 1.35 bits per heavy atom. The quantitative estimate of drug-likeness (QED) is 0.826. The van der Waals surface area contributed by atoms with Gasteiger partial charge in [-0.2, -0.15) is 4.98 Å². The number of furan rings is 1. The van der Waals surface area contributed by atoms with Crippen molar-refractivity contribution in [3.05, 3.63) is 35.9 Å². The second-order valence-electron chi connectivity index (χ2n) is 3.72. The Hall–Kier alpha value is -2.04. The first-order valence-corrected chi connectivity index (χ1v) is 5.57. The summed E-state index contributed by atoms with van der Waals surface area (Å²) in [7, 11) is 1.81. The van der Waals surface area contributed by atoms with Gasteiger partial charge in [-0.05, 0) is 19.1 Å². The molecular weight excluding hydrogens is 216 g/mol. The average Bonchev–Trinajstić information content (AvgIpc) is 2.81. The lowest BCUT2D eigenvalue weighted by molar-refractivity contribution is 0.513. The molecular formula is C12H16N4O. The second kappa shape index (κ2) is 5.34. The number of anilines is 2. The van der Waals surface area contributed by atoms with E-state index < -0.39 is 0 Å². The van der Waals surface area contributed by atoms with Gasteiger partial charge in [0.2, 0.25) is 5.95 Å². The number of nitrogens with zero attached hydrogens (tertiary/aromatic N) is 2. The summed E-state index contributed by atoms with van der Waals surface area (Å²) in [6, 6.07) is 5.78. The molecule has 0 fully saturated rings. The zero-order valence-corrected chi connectivity index (χ0v) is 10.0. The molecule has 90 valence electrons. The minimum Gasteiger partial charge on any atom is -0.469 e. The van der Waals surface area contributed by atoms with Crippen LogP contribution in [0.25, 0.3) is 0 Å². The standard InChI is InChI=1S/C12H16N4O/c1-9-8-11(16-12(13-2)15-9)14-6-5-10-4-3-7-17-10/h3-4,7-8H,5-6H2,1-2H3,(H2,13,14,15,16). The molecule has 0 aliphatic rings. The Morgan fingerprint density at radius 3 is 2.94 bits per heavy atom. The van der Waals surface area contributed by atoms with Crippen LogP contribution in [-0.4, -0.2) is 23.6 Å². The van der Waals surface area contributed by atoms with Crippen LogP contribution in [0.15, 0.2) is 28.9 Å². The predicted octanol–water partition coefficient (Wildman–Crippen LogP) is 2.07. The van der Waals surface area contributed by atoms with E-state index in [-0.39, 0.29) is 0 Å². The van der Waals surface area contributed by atoms with Gasteiger partial charge >= 0.3 is 0 Å². The Labute approximate surface area is 100 Å². The molecule has 2 N–H and O–H groups in total. The van der Waals surface area contributed by atoms with Crippen LogP contribution in [0.2, 0.25) is 0 Å². The Bertz CT molecular complexity index is 467. The van der Waals surface area contributed by atoms with Crippen molar-refractivity contribution in [3.8, 4) is 0 Å². The highest BCUT2D eigenvalue weighted by molar-refractivity contribution is 5.41. The van der Waals surface area contributed by atoms with E-state index in [4.69, 9.17) is 4.42 Å². The van der Waals surface area contributed by atoms with E-state index in [0.29, 0.717) is 5.95 Å². The fourth-order valence-electron chi connectivity index (χ4n) is 1.54. The number of nitrogens with one attached hydrogen (secondary N) is 2. The Balaban J connectivity index is 1.92. The highest BCUT2D eigenvalue weighted by Gasteiger charge is 2.01. The van der Waals surface area contributed by atoms with Crippen molar-refractivity contribution in [3.63, 3.8) is 0 Å². The van der Waals surface area contributed by atoms with Gasteiger partial charge in [-0.1, -0.05) is 0 Å². The molecule has 0 radical (unpaired) electrons. The van der Waals surface area contributed by atoms with Crippen LogP contribution in [0, 0.1) is 6.92 Å². The summed E-state index contributed by atoms with van der Waals surface area (Å²) in [5.41, 5.74) is 0.935. The molecule has 0 saturated carbocycles. The first-order chi connectivity index (χ1) is 8.28. The van der Waals surface area contributed by atoms with Crippen molar-refractivity contribution < 1.29 is 4.42 Å². The third-order valence-electron chi connectivity index (χ3n) is 2.34. The summed E-state index contributed by atoms with van der Waals surface area (Å²) in [5, 5.41) is 6.18. The molecule has 0 amide bonds. The van der Waals surface area contributed by atoms with E-state index >= 15 is 0 Å². The lowest BCUT2D eigenvalue weighted by Gasteiger charge is -2.07. The molecule has 2 heterocycles. The molecule has 0 aliphatic heterocycles. The van der Waals surface area contributed by atoms with E-state index in [1.165, 1.54) is 0 Å². The fourth-order valence-corrected chi connectivity index (χ4v) is 1.54. The van der Waals surface area contributed by atoms with Gasteiger partial charge in [0.1, 0.15) is 11.6 Å². The molecule has 0 saturated heterocycles. The molecule has 2 aromatic heterocycles. The van der Waals surface area contributed by atoms with Crippen LogP contribution >= 0.6 is 0 Å². The number of aromatic nitrogens is 2. The first-order valence-electron chi connectivity index (χ1n) is 5.57. The minimum atomic E-state index is 0.630. The molecule has 0 aromatic carbocycles. The molecule has 2 rings (SSSR count). The van der Waals surface area contributed by atoms with Gasteiger partial charge in [-0.15, -0.1) is 0 Å². The lowest BCUT2D eigenvalue weighted by atomic mass is 10.3. The van der Waals surface area contributed by atoms with Crippen molar-refractivity contribution in [2.75, 3.05) is 24.2 Å². The molecule has 5 heteroatoms. The molecule has 5 nitrogen and oxygen atoms in total. The van der Waals surface area contributed by atoms with Gasteiger partial charge in [0.15, 0.2) is 0 Å². The smallest absolute Gasteiger partial charge is 0.224 e. The van der Waals surface area contributed by atoms with Crippen molar-refractivity contribution >= 4 is 11.8 Å². The van der Waals surface area contributed by atoms with Crippen LogP contribution < -0.4 is 10.6 Å². The zero-order valence-electron chi connectivity index (χ0n) is 10.0. The summed E-state index contributed by atoms with van der Waals surface area (Å²) in [6.45, 7) is 2.73. The number of rotatable bonds is 5. The normalized spacial score (nSPS) is 10.2. The lowest BCUT2D eigenvalue weighted by Crippen LogP contribution is -2.08. The molecule has 0 spiro atoms. The van der Waals surface area contributed by atoms with Crippen LogP contribution in [0.4, 0.5) is 11.8 Å². The van der Waals surface area contributed by atoms with Gasteiger partial charge in [-0.3, -0.25) is 0 Å². The van der Waals surface area contributed by atoms with Crippen LogP contribution in [0.1, 0.15) is 11.5 Å². The summed E-state index contributed by atoms with van der Waals surface area (Å²) in [5.74, 6) is 2.43. The highest BCUT2D eigenvalue weighted by Crippen LogP contribution is 2.09. The van der Waals surface area contributed by atoms with Crippen molar-refractivity contribution in [1.82, 2.24) is 9.97 Å². The predicted molar refractivity (Wildman–Crippen MR) is 67.2 cm³/mol. The van der Waals surface area contributed by atoms with E-state index in [9.17, 15) is 0 Å². The molecule has 0 atom stereocenters. The molecule has 0 bridgehead atoms. The topological polar surface area (TPSA) is 63.0 Å². The van der Waals surface area contributed by atoms with Crippen molar-refractivity contribution in [1.29, 1.82) is 0 Å². The summed E-state index contributed by atoms with van der Waals surface area (Å²) < 4.78 is 5.25. The molecule has 0 aliphatic carbocycles. The number of hydrogen-bond donors (Lipinski definition) is 2. The zero-order chi connectivity index (χ0) is 12.1. The van der Waals surface area contributed by atoms with Gasteiger partial charge < -0.3 is 15.1 Å².